The van der Waals surface area contributed by atoms with Gasteiger partial charge in [-0.1, -0.05) is 316 Å². The zero-order valence-electron chi connectivity index (χ0n) is 50.5. The molecule has 0 amide bonds. The van der Waals surface area contributed by atoms with Crippen LogP contribution in [0.2, 0.25) is 0 Å². The van der Waals surface area contributed by atoms with Crippen molar-refractivity contribution >= 4 is 0 Å². The predicted octanol–water partition coefficient (Wildman–Crippen LogP) is 24.1. The summed E-state index contributed by atoms with van der Waals surface area (Å²) < 4.78 is 0. The molecule has 0 saturated heterocycles. The summed E-state index contributed by atoms with van der Waals surface area (Å²) in [6.45, 7) is 49.2. The lowest BCUT2D eigenvalue weighted by molar-refractivity contribution is 1.34. The summed E-state index contributed by atoms with van der Waals surface area (Å²) in [5, 5.41) is 0. The zero-order chi connectivity index (χ0) is 55.9. The van der Waals surface area contributed by atoms with Gasteiger partial charge in [-0.2, -0.15) is 0 Å². The molecule has 0 aliphatic heterocycles. The fraction of sp³-hybridized carbons (Fsp3) is 0.333. The van der Waals surface area contributed by atoms with Gasteiger partial charge in [-0.15, -0.1) is 0 Å². The molecule has 0 bridgehead atoms. The van der Waals surface area contributed by atoms with E-state index in [0.717, 1.165) is 0 Å². The Hall–Kier alpha value is -6.24. The van der Waals surface area contributed by atoms with E-state index in [0.29, 0.717) is 0 Å². The Morgan fingerprint density at radius 1 is 0.194 bits per heavy atom. The second-order valence-corrected chi connectivity index (χ2v) is 14.6. The van der Waals surface area contributed by atoms with Crippen molar-refractivity contribution in [1.82, 2.24) is 0 Å². The molecule has 0 aliphatic carbocycles. The first-order chi connectivity index (χ1) is 35.1. The van der Waals surface area contributed by atoms with E-state index < -0.39 is 0 Å². The van der Waals surface area contributed by atoms with Crippen LogP contribution in [0.4, 0.5) is 0 Å². The van der Waals surface area contributed by atoms with Gasteiger partial charge in [0, 0.05) is 0 Å². The maximum Gasteiger partial charge on any atom is -0.0125 e. The summed E-state index contributed by atoms with van der Waals surface area (Å²) in [5.74, 6) is 0. The monoisotopic (exact) mass is 969 g/mol. The quantitative estimate of drug-likeness (QED) is 0.165. The van der Waals surface area contributed by atoms with E-state index in [1.807, 2.05) is 117 Å². The summed E-state index contributed by atoms with van der Waals surface area (Å²) >= 11 is 0. The van der Waals surface area contributed by atoms with Gasteiger partial charge in [0.1, 0.15) is 0 Å². The molecule has 8 aromatic carbocycles. The molecule has 0 unspecified atom stereocenters. The molecule has 0 saturated carbocycles. The molecule has 8 aromatic rings. The van der Waals surface area contributed by atoms with Gasteiger partial charge in [-0.05, 0) is 133 Å². The fourth-order valence-corrected chi connectivity index (χ4v) is 6.98. The first-order valence-corrected chi connectivity index (χ1v) is 27.6. The Labute approximate surface area is 447 Å². The van der Waals surface area contributed by atoms with Crippen LogP contribution in [0.15, 0.2) is 194 Å². The average Bonchev–Trinajstić information content (AvgIpc) is 3.46. The van der Waals surface area contributed by atoms with Gasteiger partial charge in [0.15, 0.2) is 0 Å². The third kappa shape index (κ3) is 27.4. The predicted molar refractivity (Wildman–Crippen MR) is 336 cm³/mol. The maximum atomic E-state index is 2.24. The van der Waals surface area contributed by atoms with Crippen molar-refractivity contribution in [2.24, 2.45) is 0 Å². The molecule has 72 heavy (non-hydrogen) atoms. The van der Waals surface area contributed by atoms with Crippen LogP contribution in [0.1, 0.15) is 155 Å². The lowest BCUT2D eigenvalue weighted by Gasteiger charge is -2.09. The summed E-state index contributed by atoms with van der Waals surface area (Å²) in [6, 6.07) is 68.1. The molecule has 0 atom stereocenters. The van der Waals surface area contributed by atoms with E-state index in [1.165, 1.54) is 89.0 Å². The smallest absolute Gasteiger partial charge is 0.0125 e. The normalized spacial score (nSPS) is 8.56. The number of benzene rings is 8. The molecule has 0 spiro atoms. The number of rotatable bonds is 4. The highest BCUT2D eigenvalue weighted by Gasteiger charge is 2.05. The van der Waals surface area contributed by atoms with Crippen LogP contribution in [0.3, 0.4) is 0 Å². The standard InChI is InChI=1S/4C14H14.8C2H6/c1-11-7-6-8-12(2)14(11)13-9-4-3-5-10-13;1-11-7-6-10-14(12(11)2)13-8-4-3-5-9-13;1-11-8-9-14(12(2)10-11)13-6-4-3-5-7-13;1-11-8-9-12(2)14(10-11)13-6-4-3-5-7-13;8*1-2/h4*3-10H,1-2H3;8*1-2H3. The highest BCUT2D eigenvalue weighted by atomic mass is 14.1. The second kappa shape index (κ2) is 48.4. The van der Waals surface area contributed by atoms with Gasteiger partial charge in [-0.3, -0.25) is 0 Å². The number of hydrogen-bond acceptors (Lipinski definition) is 0. The van der Waals surface area contributed by atoms with Crippen LogP contribution in [0.5, 0.6) is 0 Å². The van der Waals surface area contributed by atoms with Crippen molar-refractivity contribution in [3.63, 3.8) is 0 Å². The van der Waals surface area contributed by atoms with E-state index in [1.54, 1.807) is 0 Å². The number of hydrogen-bond donors (Lipinski definition) is 0. The van der Waals surface area contributed by atoms with Gasteiger partial charge < -0.3 is 0 Å². The van der Waals surface area contributed by atoms with E-state index >= 15 is 0 Å². The molecule has 0 radical (unpaired) electrons. The first kappa shape index (κ1) is 72.3. The van der Waals surface area contributed by atoms with Crippen LogP contribution >= 0.6 is 0 Å². The largest absolute Gasteiger partial charge is 0.0683 e. The van der Waals surface area contributed by atoms with Crippen molar-refractivity contribution in [2.45, 2.75) is 166 Å². The van der Waals surface area contributed by atoms with Crippen molar-refractivity contribution in [2.75, 3.05) is 0 Å². The Morgan fingerprint density at radius 3 is 0.917 bits per heavy atom. The van der Waals surface area contributed by atoms with Crippen molar-refractivity contribution in [3.05, 3.63) is 239 Å². The molecule has 392 valence electrons. The van der Waals surface area contributed by atoms with E-state index in [-0.39, 0.29) is 0 Å². The lowest BCUT2D eigenvalue weighted by Crippen LogP contribution is -1.86. The molecule has 0 heterocycles. The van der Waals surface area contributed by atoms with Crippen molar-refractivity contribution in [3.8, 4) is 44.5 Å². The molecule has 0 aromatic heterocycles. The molecule has 0 fully saturated rings. The molecule has 8 rings (SSSR count). The van der Waals surface area contributed by atoms with E-state index in [4.69, 9.17) is 0 Å². The first-order valence-electron chi connectivity index (χ1n) is 27.6. The Balaban J connectivity index is -0.000000391. The van der Waals surface area contributed by atoms with Gasteiger partial charge in [0.2, 0.25) is 0 Å². The Kier molecular flexibility index (Phi) is 48.6. The highest BCUT2D eigenvalue weighted by Crippen LogP contribution is 2.28. The average molecular weight is 970 g/mol. The van der Waals surface area contributed by atoms with E-state index in [9.17, 15) is 0 Å². The topological polar surface area (TPSA) is 0 Å². The maximum absolute atomic E-state index is 2.24. The SMILES string of the molecule is CC.CC.CC.CC.CC.CC.CC.CC.Cc1ccc(-c2ccccc2)c(C)c1.Cc1ccc(C)c(-c2ccccc2)c1.Cc1cccc(-c2ccccc2)c1C.Cc1cccc(C)c1-c1ccccc1. The van der Waals surface area contributed by atoms with Gasteiger partial charge >= 0.3 is 0 Å². The third-order valence-electron chi connectivity index (χ3n) is 10.2. The van der Waals surface area contributed by atoms with Crippen LogP contribution in [-0.2, 0) is 0 Å². The fourth-order valence-electron chi connectivity index (χ4n) is 6.98. The summed E-state index contributed by atoms with van der Waals surface area (Å²) in [6.07, 6.45) is 0. The van der Waals surface area contributed by atoms with Crippen molar-refractivity contribution in [1.29, 1.82) is 0 Å². The Bertz CT molecular complexity index is 2350. The highest BCUT2D eigenvalue weighted by molar-refractivity contribution is 5.71. The van der Waals surface area contributed by atoms with Gasteiger partial charge in [-0.25, -0.2) is 0 Å². The minimum absolute atomic E-state index is 1.30. The van der Waals surface area contributed by atoms with Crippen LogP contribution in [0.25, 0.3) is 44.5 Å². The Morgan fingerprint density at radius 2 is 0.514 bits per heavy atom. The molecule has 0 heteroatoms. The molecule has 0 aliphatic rings. The van der Waals surface area contributed by atoms with Gasteiger partial charge in [0.05, 0.1) is 0 Å². The minimum atomic E-state index is 1.30. The summed E-state index contributed by atoms with van der Waals surface area (Å²) in [7, 11) is 0. The molecule has 0 N–H and O–H groups in total. The molecule has 0 nitrogen and oxygen atoms in total. The van der Waals surface area contributed by atoms with E-state index in [2.05, 4.69) is 243 Å². The third-order valence-corrected chi connectivity index (χ3v) is 10.2. The number of aryl methyl sites for hydroxylation is 7. The zero-order valence-corrected chi connectivity index (χ0v) is 50.5. The molecular formula is C72H104. The summed E-state index contributed by atoms with van der Waals surface area (Å²) in [4.78, 5) is 0. The van der Waals surface area contributed by atoms with Crippen molar-refractivity contribution < 1.29 is 0 Å². The lowest BCUT2D eigenvalue weighted by atomic mass is 9.96. The second-order valence-electron chi connectivity index (χ2n) is 14.6. The van der Waals surface area contributed by atoms with Crippen LogP contribution in [-0.4, -0.2) is 0 Å². The minimum Gasteiger partial charge on any atom is -0.0683 e. The summed E-state index contributed by atoms with van der Waals surface area (Å²) in [5.41, 5.74) is 21.3. The van der Waals surface area contributed by atoms with Crippen LogP contribution in [0, 0.1) is 55.4 Å². The van der Waals surface area contributed by atoms with Crippen LogP contribution < -0.4 is 0 Å². The van der Waals surface area contributed by atoms with Gasteiger partial charge in [0.25, 0.3) is 0 Å². The molecular weight excluding hydrogens is 865 g/mol.